The largest absolute Gasteiger partial charge is 0.497 e. The standard InChI is InChI=1S/C26H35N3O4S/c1-33-23-13-11-21(12-14-23)25(28-15-6-7-16-28)20-27-26(30)22-9-8-10-24(19-22)34(31,32)29-17-4-2-3-5-18-29/h8-14,19,25H,2-7,15-18,20H2,1H3,(H,27,30)/t25-/m1/s1. The van der Waals surface area contributed by atoms with Crippen molar-refractivity contribution in [2.75, 3.05) is 39.8 Å². The third-order valence-corrected chi connectivity index (χ3v) is 8.73. The lowest BCUT2D eigenvalue weighted by molar-refractivity contribution is 0.0937. The molecule has 0 unspecified atom stereocenters. The average Bonchev–Trinajstić information content (AvgIpc) is 3.25. The van der Waals surface area contributed by atoms with Gasteiger partial charge in [0.15, 0.2) is 0 Å². The number of likely N-dealkylation sites (tertiary alicyclic amines) is 1. The van der Waals surface area contributed by atoms with Crippen molar-refractivity contribution in [3.8, 4) is 5.75 Å². The molecule has 2 aliphatic heterocycles. The van der Waals surface area contributed by atoms with E-state index in [-0.39, 0.29) is 16.8 Å². The van der Waals surface area contributed by atoms with Gasteiger partial charge in [-0.15, -0.1) is 0 Å². The normalized spacial score (nSPS) is 18.9. The molecular weight excluding hydrogens is 450 g/mol. The number of amides is 1. The Morgan fingerprint density at radius 1 is 0.941 bits per heavy atom. The van der Waals surface area contributed by atoms with Crippen LogP contribution in [-0.4, -0.2) is 63.4 Å². The van der Waals surface area contributed by atoms with Crippen LogP contribution in [0.4, 0.5) is 0 Å². The molecule has 4 rings (SSSR count). The third kappa shape index (κ3) is 5.79. The maximum absolute atomic E-state index is 13.2. The molecule has 0 aromatic heterocycles. The van der Waals surface area contributed by atoms with E-state index >= 15 is 0 Å². The molecule has 2 aromatic rings. The van der Waals surface area contributed by atoms with Crippen molar-refractivity contribution in [1.29, 1.82) is 0 Å². The molecule has 2 saturated heterocycles. The Morgan fingerprint density at radius 2 is 1.59 bits per heavy atom. The van der Waals surface area contributed by atoms with Gasteiger partial charge in [0.2, 0.25) is 10.0 Å². The highest BCUT2D eigenvalue weighted by Gasteiger charge is 2.27. The van der Waals surface area contributed by atoms with E-state index < -0.39 is 10.0 Å². The summed E-state index contributed by atoms with van der Waals surface area (Å²) in [5.74, 6) is 0.543. The number of methoxy groups -OCH3 is 1. The number of carbonyl (C=O) groups is 1. The van der Waals surface area contributed by atoms with Crippen LogP contribution in [0.3, 0.4) is 0 Å². The Bertz CT molecular complexity index is 1060. The number of hydrogen-bond donors (Lipinski definition) is 1. The van der Waals surface area contributed by atoms with Gasteiger partial charge in [0.05, 0.1) is 18.0 Å². The van der Waals surface area contributed by atoms with E-state index in [1.54, 1.807) is 29.6 Å². The van der Waals surface area contributed by atoms with Gasteiger partial charge in [0.1, 0.15) is 5.75 Å². The minimum absolute atomic E-state index is 0.0568. The van der Waals surface area contributed by atoms with Crippen molar-refractivity contribution in [2.45, 2.75) is 49.5 Å². The molecule has 8 heteroatoms. The molecular formula is C26H35N3O4S. The predicted molar refractivity (Wildman–Crippen MR) is 133 cm³/mol. The third-order valence-electron chi connectivity index (χ3n) is 6.84. The number of ether oxygens (including phenoxy) is 1. The first-order valence-corrected chi connectivity index (χ1v) is 13.7. The smallest absolute Gasteiger partial charge is 0.251 e. The molecule has 1 amide bonds. The van der Waals surface area contributed by atoms with Gasteiger partial charge in [0, 0.05) is 25.2 Å². The maximum Gasteiger partial charge on any atom is 0.251 e. The van der Waals surface area contributed by atoms with Crippen LogP contribution < -0.4 is 10.1 Å². The second-order valence-corrected chi connectivity index (χ2v) is 11.0. The summed E-state index contributed by atoms with van der Waals surface area (Å²) in [6.45, 7) is 3.52. The van der Waals surface area contributed by atoms with Crippen molar-refractivity contribution in [1.82, 2.24) is 14.5 Å². The summed E-state index contributed by atoms with van der Waals surface area (Å²) in [6.07, 6.45) is 6.17. The van der Waals surface area contributed by atoms with Gasteiger partial charge in [-0.05, 0) is 74.7 Å². The molecule has 0 saturated carbocycles. The average molecular weight is 486 g/mol. The summed E-state index contributed by atoms with van der Waals surface area (Å²) in [5.41, 5.74) is 1.49. The second kappa shape index (κ2) is 11.3. The molecule has 184 valence electrons. The van der Waals surface area contributed by atoms with E-state index in [2.05, 4.69) is 10.2 Å². The van der Waals surface area contributed by atoms with Crippen molar-refractivity contribution in [3.63, 3.8) is 0 Å². The van der Waals surface area contributed by atoms with Gasteiger partial charge in [0.25, 0.3) is 5.91 Å². The minimum atomic E-state index is -3.60. The van der Waals surface area contributed by atoms with E-state index in [0.29, 0.717) is 25.2 Å². The number of carbonyl (C=O) groups excluding carboxylic acids is 1. The lowest BCUT2D eigenvalue weighted by atomic mass is 10.0. The van der Waals surface area contributed by atoms with E-state index in [0.717, 1.165) is 62.9 Å². The molecule has 0 aliphatic carbocycles. The summed E-state index contributed by atoms with van der Waals surface area (Å²) in [4.78, 5) is 15.6. The first kappa shape index (κ1) is 24.7. The molecule has 1 atom stereocenters. The fraction of sp³-hybridized carbons (Fsp3) is 0.500. The Kier molecular flexibility index (Phi) is 8.24. The molecule has 0 spiro atoms. The number of benzene rings is 2. The fourth-order valence-corrected chi connectivity index (χ4v) is 6.42. The highest BCUT2D eigenvalue weighted by Crippen LogP contribution is 2.27. The van der Waals surface area contributed by atoms with Gasteiger partial charge in [-0.3, -0.25) is 9.69 Å². The number of hydrogen-bond acceptors (Lipinski definition) is 5. The first-order chi connectivity index (χ1) is 16.5. The van der Waals surface area contributed by atoms with Crippen molar-refractivity contribution >= 4 is 15.9 Å². The van der Waals surface area contributed by atoms with E-state index in [1.165, 1.54) is 6.07 Å². The van der Waals surface area contributed by atoms with E-state index in [1.807, 2.05) is 24.3 Å². The highest BCUT2D eigenvalue weighted by atomic mass is 32.2. The van der Waals surface area contributed by atoms with E-state index in [9.17, 15) is 13.2 Å². The number of nitrogens with zero attached hydrogens (tertiary/aromatic N) is 2. The quantitative estimate of drug-likeness (QED) is 0.615. The monoisotopic (exact) mass is 485 g/mol. The van der Waals surface area contributed by atoms with Gasteiger partial charge < -0.3 is 10.1 Å². The minimum Gasteiger partial charge on any atom is -0.497 e. The summed E-state index contributed by atoms with van der Waals surface area (Å²) in [5, 5.41) is 3.05. The molecule has 34 heavy (non-hydrogen) atoms. The van der Waals surface area contributed by atoms with E-state index in [4.69, 9.17) is 4.74 Å². The zero-order valence-corrected chi connectivity index (χ0v) is 20.7. The van der Waals surface area contributed by atoms with Crippen LogP contribution in [0.5, 0.6) is 5.75 Å². The van der Waals surface area contributed by atoms with Crippen LogP contribution in [0.2, 0.25) is 0 Å². The lowest BCUT2D eigenvalue weighted by Gasteiger charge is -2.28. The molecule has 7 nitrogen and oxygen atoms in total. The number of rotatable bonds is 8. The Labute approximate surface area is 203 Å². The molecule has 2 aliphatic rings. The zero-order chi connectivity index (χ0) is 24.0. The molecule has 2 heterocycles. The van der Waals surface area contributed by atoms with Crippen molar-refractivity contribution in [2.24, 2.45) is 0 Å². The zero-order valence-electron chi connectivity index (χ0n) is 19.9. The number of sulfonamides is 1. The van der Waals surface area contributed by atoms with Crippen LogP contribution >= 0.6 is 0 Å². The van der Waals surface area contributed by atoms with Crippen molar-refractivity contribution in [3.05, 3.63) is 59.7 Å². The highest BCUT2D eigenvalue weighted by molar-refractivity contribution is 7.89. The topological polar surface area (TPSA) is 78.9 Å². The van der Waals surface area contributed by atoms with Gasteiger partial charge in [-0.1, -0.05) is 31.0 Å². The summed E-state index contributed by atoms with van der Waals surface area (Å²) in [7, 11) is -1.95. The number of nitrogens with one attached hydrogen (secondary N) is 1. The molecule has 0 radical (unpaired) electrons. The summed E-state index contributed by atoms with van der Waals surface area (Å²) >= 11 is 0. The van der Waals surface area contributed by atoms with Crippen LogP contribution in [0, 0.1) is 0 Å². The SMILES string of the molecule is COc1ccc([C@@H](CNC(=O)c2cccc(S(=O)(=O)N3CCCCCC3)c2)N2CCCC2)cc1. The van der Waals surface area contributed by atoms with Gasteiger partial charge in [-0.25, -0.2) is 8.42 Å². The van der Waals surface area contributed by atoms with Crippen LogP contribution in [0.1, 0.15) is 60.5 Å². The summed E-state index contributed by atoms with van der Waals surface area (Å²) in [6, 6.07) is 14.5. The molecule has 2 aromatic carbocycles. The second-order valence-electron chi connectivity index (χ2n) is 9.09. The Morgan fingerprint density at radius 3 is 2.24 bits per heavy atom. The molecule has 2 fully saturated rings. The maximum atomic E-state index is 13.2. The van der Waals surface area contributed by atoms with Gasteiger partial charge in [-0.2, -0.15) is 4.31 Å². The van der Waals surface area contributed by atoms with Gasteiger partial charge >= 0.3 is 0 Å². The molecule has 1 N–H and O–H groups in total. The Balaban J connectivity index is 1.47. The predicted octanol–water partition coefficient (Wildman–Crippen LogP) is 3.83. The summed E-state index contributed by atoms with van der Waals surface area (Å²) < 4.78 is 33.2. The van der Waals surface area contributed by atoms with Crippen LogP contribution in [0.15, 0.2) is 53.4 Å². The first-order valence-electron chi connectivity index (χ1n) is 12.3. The van der Waals surface area contributed by atoms with Crippen molar-refractivity contribution < 1.29 is 17.9 Å². The van der Waals surface area contributed by atoms with Crippen LogP contribution in [-0.2, 0) is 10.0 Å². The Hall–Kier alpha value is -2.42. The van der Waals surface area contributed by atoms with Crippen LogP contribution in [0.25, 0.3) is 0 Å². The fourth-order valence-electron chi connectivity index (χ4n) is 4.86. The lowest BCUT2D eigenvalue weighted by Crippen LogP contribution is -2.37. The molecule has 0 bridgehead atoms.